The fourth-order valence-electron chi connectivity index (χ4n) is 10.9. The van der Waals surface area contributed by atoms with Gasteiger partial charge in [0.15, 0.2) is 0 Å². The van der Waals surface area contributed by atoms with Crippen LogP contribution in [-0.4, -0.2) is 28.8 Å². The number of nitrogens with two attached hydrogens (primary N) is 1. The fourth-order valence-corrected chi connectivity index (χ4v) is 10.9. The maximum absolute atomic E-state index is 4.13. The molecule has 9 atom stereocenters. The summed E-state index contributed by atoms with van der Waals surface area (Å²) in [6, 6.07) is 20.8. The molecule has 5 heteroatoms. The molecule has 1 aromatic heterocycles. The second-order valence-electron chi connectivity index (χ2n) is 17.2. The first kappa shape index (κ1) is 33.7. The van der Waals surface area contributed by atoms with Gasteiger partial charge in [-0.3, -0.25) is 5.32 Å². The highest BCUT2D eigenvalue weighted by Crippen LogP contribution is 2.54. The lowest BCUT2D eigenvalue weighted by atomic mass is 9.69. The molecule has 274 valence electrons. The summed E-state index contributed by atoms with van der Waals surface area (Å²) in [7, 11) is 0. The Kier molecular flexibility index (Phi) is 8.21. The first-order valence-corrected chi connectivity index (χ1v) is 20.6. The van der Waals surface area contributed by atoms with Gasteiger partial charge in [-0.05, 0) is 80.4 Å². The first-order chi connectivity index (χ1) is 26.4. The highest BCUT2D eigenvalue weighted by Gasteiger charge is 2.49. The Morgan fingerprint density at radius 1 is 0.852 bits per heavy atom. The zero-order valence-corrected chi connectivity index (χ0v) is 32.3. The van der Waals surface area contributed by atoms with E-state index in [2.05, 4.69) is 180 Å². The summed E-state index contributed by atoms with van der Waals surface area (Å²) in [6.45, 7) is 9.77. The second kappa shape index (κ2) is 13.2. The molecule has 3 aromatic rings. The second-order valence-corrected chi connectivity index (χ2v) is 17.2. The molecule has 5 nitrogen and oxygen atoms in total. The zero-order chi connectivity index (χ0) is 36.6. The molecular formula is C49H55N5+2. The molecule has 0 spiro atoms. The van der Waals surface area contributed by atoms with Gasteiger partial charge in [-0.25, -0.2) is 10.3 Å². The van der Waals surface area contributed by atoms with Crippen molar-refractivity contribution in [1.82, 2.24) is 9.88 Å². The van der Waals surface area contributed by atoms with Crippen LogP contribution in [0.5, 0.6) is 0 Å². The summed E-state index contributed by atoms with van der Waals surface area (Å²) in [5.74, 6) is 2.90. The van der Waals surface area contributed by atoms with Crippen LogP contribution in [0.3, 0.4) is 0 Å². The predicted octanol–water partition coefficient (Wildman–Crippen LogP) is 7.73. The van der Waals surface area contributed by atoms with Crippen molar-refractivity contribution >= 4 is 28.5 Å². The minimum Gasteiger partial charge on any atom is -0.337 e. The maximum atomic E-state index is 4.13. The minimum absolute atomic E-state index is 0.0384. The Morgan fingerprint density at radius 3 is 2.54 bits per heavy atom. The lowest BCUT2D eigenvalue weighted by Crippen LogP contribution is -3.16. The monoisotopic (exact) mass is 713 g/mol. The van der Waals surface area contributed by atoms with E-state index in [0.717, 1.165) is 32.1 Å². The average Bonchev–Trinajstić information content (AvgIpc) is 3.73. The molecule has 5 aliphatic carbocycles. The van der Waals surface area contributed by atoms with Crippen LogP contribution in [0.25, 0.3) is 17.0 Å². The lowest BCUT2D eigenvalue weighted by Gasteiger charge is -2.39. The van der Waals surface area contributed by atoms with E-state index >= 15 is 0 Å². The van der Waals surface area contributed by atoms with Crippen molar-refractivity contribution in [1.29, 1.82) is 0 Å². The molecule has 3 heterocycles. The van der Waals surface area contributed by atoms with Crippen molar-refractivity contribution in [3.63, 3.8) is 0 Å². The van der Waals surface area contributed by atoms with E-state index in [4.69, 9.17) is 0 Å². The number of nitrogens with zero attached hydrogens (tertiary/aromatic N) is 2. The van der Waals surface area contributed by atoms with Gasteiger partial charge in [0.1, 0.15) is 0 Å². The highest BCUT2D eigenvalue weighted by molar-refractivity contribution is 5.92. The van der Waals surface area contributed by atoms with Crippen LogP contribution in [0.4, 0.5) is 5.69 Å². The summed E-state index contributed by atoms with van der Waals surface area (Å²) < 4.78 is 2.69. The normalized spacial score (nSPS) is 33.9. The number of fused-ring (bicyclic) bond motifs is 6. The summed E-state index contributed by atoms with van der Waals surface area (Å²) in [6.07, 6.45) is 34.8. The quantitative estimate of drug-likeness (QED) is 0.237. The summed E-state index contributed by atoms with van der Waals surface area (Å²) >= 11 is 0. The number of nitrogens with one attached hydrogen (secondary N) is 2. The third-order valence-electron chi connectivity index (χ3n) is 14.1. The molecular weight excluding hydrogens is 659 g/mol. The number of rotatable bonds is 5. The molecule has 54 heavy (non-hydrogen) atoms. The van der Waals surface area contributed by atoms with E-state index in [1.807, 2.05) is 0 Å². The molecule has 0 bridgehead atoms. The van der Waals surface area contributed by atoms with Crippen LogP contribution >= 0.6 is 0 Å². The molecule has 4 N–H and O–H groups in total. The molecule has 0 amide bonds. The van der Waals surface area contributed by atoms with Gasteiger partial charge in [0.2, 0.25) is 6.17 Å². The summed E-state index contributed by atoms with van der Waals surface area (Å²) in [5, 5.41) is 7.98. The van der Waals surface area contributed by atoms with Crippen molar-refractivity contribution in [2.75, 3.05) is 4.90 Å². The molecule has 0 radical (unpaired) electrons. The first-order valence-electron chi connectivity index (χ1n) is 20.6. The van der Waals surface area contributed by atoms with Crippen molar-refractivity contribution < 1.29 is 10.3 Å². The number of benzene rings is 2. The van der Waals surface area contributed by atoms with Crippen LogP contribution < -0.4 is 20.5 Å². The van der Waals surface area contributed by atoms with E-state index in [1.165, 1.54) is 56.1 Å². The number of hydrogen-bond donors (Lipinski definition) is 3. The maximum Gasteiger partial charge on any atom is 0.259 e. The van der Waals surface area contributed by atoms with E-state index < -0.39 is 0 Å². The number of hydrogen-bond acceptors (Lipinski definition) is 2. The van der Waals surface area contributed by atoms with Crippen molar-refractivity contribution in [3.8, 4) is 0 Å². The summed E-state index contributed by atoms with van der Waals surface area (Å²) in [4.78, 5) is 6.79. The third-order valence-corrected chi connectivity index (χ3v) is 14.1. The fraction of sp³-hybridized carbons (Fsp3) is 0.367. The molecule has 2 aromatic carbocycles. The van der Waals surface area contributed by atoms with Crippen LogP contribution in [0, 0.1) is 23.2 Å². The van der Waals surface area contributed by atoms with E-state index in [9.17, 15) is 0 Å². The van der Waals surface area contributed by atoms with Gasteiger partial charge in [-0.15, -0.1) is 0 Å². The van der Waals surface area contributed by atoms with Gasteiger partial charge < -0.3 is 9.47 Å². The Balaban J connectivity index is 1.06. The molecule has 10 rings (SSSR count). The van der Waals surface area contributed by atoms with Crippen molar-refractivity contribution in [2.24, 2.45) is 23.2 Å². The number of allylic oxidation sites excluding steroid dienone is 10. The largest absolute Gasteiger partial charge is 0.337 e. The molecule has 2 aliphatic heterocycles. The van der Waals surface area contributed by atoms with Gasteiger partial charge >= 0.3 is 0 Å². The smallest absolute Gasteiger partial charge is 0.259 e. The van der Waals surface area contributed by atoms with Gasteiger partial charge in [0, 0.05) is 51.3 Å². The zero-order valence-electron chi connectivity index (χ0n) is 32.3. The minimum atomic E-state index is 0.0384. The predicted molar refractivity (Wildman–Crippen MR) is 223 cm³/mol. The van der Waals surface area contributed by atoms with E-state index in [-0.39, 0.29) is 41.7 Å². The Hall–Kier alpha value is -4.87. The van der Waals surface area contributed by atoms with Crippen molar-refractivity contribution in [2.45, 2.75) is 90.1 Å². The Labute approximate surface area is 321 Å². The third kappa shape index (κ3) is 5.18. The number of amidine groups is 1. The van der Waals surface area contributed by atoms with Crippen molar-refractivity contribution in [3.05, 3.63) is 155 Å². The molecule has 7 aliphatic rings. The number of aromatic nitrogens is 1. The molecule has 0 fully saturated rings. The highest BCUT2D eigenvalue weighted by atomic mass is 15.3. The topological polar surface area (TPSA) is 50.8 Å². The standard InChI is InChI=1S/C49H53N5/c1-31-17-15-25-38-44-41(53(45(31)38)35-21-9-6-10-22-35)28-29-42-43(44)37-23-11-12-26-40(37)54(42)39-27-16-24-36(33(39)3)47-50-46(34-19-7-5-8-20-34)51-48(52-47)49(4)30-14-13-18-32(49)2/h6-7,9-16,19-29,31-33,39,41,44,46-47,50H,5,8,17-18,30H2,1-4H3,(H,51,52)/p+2. The number of anilines is 1. The molecule has 0 saturated carbocycles. The van der Waals surface area contributed by atoms with Gasteiger partial charge in [-0.1, -0.05) is 124 Å². The van der Waals surface area contributed by atoms with E-state index in [1.54, 1.807) is 0 Å². The van der Waals surface area contributed by atoms with Gasteiger partial charge in [0.05, 0.1) is 23.1 Å². The Morgan fingerprint density at radius 2 is 1.70 bits per heavy atom. The number of para-hydroxylation sites is 2. The van der Waals surface area contributed by atoms with Crippen LogP contribution in [0.2, 0.25) is 0 Å². The molecule has 0 saturated heterocycles. The van der Waals surface area contributed by atoms with Crippen LogP contribution in [0.15, 0.2) is 144 Å². The Bertz CT molecular complexity index is 2270. The SMILES string of the molecule is CC1CC=CC2=C1N(c1ccccc1)C1C=Cc3c(c4ccccc4n3C3C=CC=C(C4[NH+]=C(C5(C)CC=CCC5C)NC(C5=CCCC=C5)[NH2+]4)C3C)C21. The van der Waals surface area contributed by atoms with Crippen LogP contribution in [0.1, 0.15) is 83.0 Å². The van der Waals surface area contributed by atoms with Crippen LogP contribution in [-0.2, 0) is 0 Å². The van der Waals surface area contributed by atoms with Gasteiger partial charge in [0.25, 0.3) is 12.0 Å². The molecule has 9 unspecified atom stereocenters. The van der Waals surface area contributed by atoms with E-state index in [0.29, 0.717) is 11.8 Å². The average molecular weight is 714 g/mol. The summed E-state index contributed by atoms with van der Waals surface area (Å²) in [5.41, 5.74) is 11.4. The van der Waals surface area contributed by atoms with Gasteiger partial charge in [-0.2, -0.15) is 0 Å². The lowest BCUT2D eigenvalue weighted by molar-refractivity contribution is -0.854. The number of quaternary nitrogens is 1.